The van der Waals surface area contributed by atoms with Crippen molar-refractivity contribution in [1.29, 1.82) is 0 Å². The highest BCUT2D eigenvalue weighted by atomic mass is 32.1. The number of ether oxygens (including phenoxy) is 1. The Morgan fingerprint density at radius 1 is 1.15 bits per heavy atom. The molecule has 0 atom stereocenters. The van der Waals surface area contributed by atoms with E-state index in [9.17, 15) is 4.79 Å². The first-order chi connectivity index (χ1) is 12.7. The molecule has 0 bridgehead atoms. The van der Waals surface area contributed by atoms with E-state index in [2.05, 4.69) is 4.98 Å². The summed E-state index contributed by atoms with van der Waals surface area (Å²) in [7, 11) is 1.62. The van der Waals surface area contributed by atoms with Crippen molar-refractivity contribution in [1.82, 2.24) is 4.98 Å². The summed E-state index contributed by atoms with van der Waals surface area (Å²) in [5, 5.41) is 0.624. The van der Waals surface area contributed by atoms with Gasteiger partial charge in [-0.05, 0) is 36.4 Å². The maximum atomic E-state index is 13.1. The van der Waals surface area contributed by atoms with E-state index in [0.29, 0.717) is 23.0 Å². The summed E-state index contributed by atoms with van der Waals surface area (Å²) in [6.45, 7) is 0.317. The lowest BCUT2D eigenvalue weighted by Gasteiger charge is -2.18. The molecule has 2 aromatic carbocycles. The molecule has 0 aliphatic rings. The van der Waals surface area contributed by atoms with Crippen LogP contribution in [0.5, 0.6) is 5.75 Å². The van der Waals surface area contributed by atoms with Gasteiger partial charge in [0.15, 0.2) is 5.13 Å². The van der Waals surface area contributed by atoms with E-state index in [1.807, 2.05) is 48.5 Å². The number of fused-ring (bicyclic) bond motifs is 1. The molecule has 0 aliphatic heterocycles. The Labute approximate surface area is 154 Å². The minimum atomic E-state index is -0.118. The SMILES string of the molecule is COc1ccc2sc(N(Cc3ccco3)C(=O)c3ccccc3)nc2c1. The maximum absolute atomic E-state index is 13.1. The van der Waals surface area contributed by atoms with Gasteiger partial charge in [-0.2, -0.15) is 0 Å². The van der Waals surface area contributed by atoms with Crippen LogP contribution in [0.4, 0.5) is 5.13 Å². The van der Waals surface area contributed by atoms with Crippen LogP contribution in [0.25, 0.3) is 10.2 Å². The Hall–Kier alpha value is -3.12. The van der Waals surface area contributed by atoms with Gasteiger partial charge in [0.25, 0.3) is 5.91 Å². The highest BCUT2D eigenvalue weighted by Crippen LogP contribution is 2.32. The quantitative estimate of drug-likeness (QED) is 0.513. The van der Waals surface area contributed by atoms with E-state index >= 15 is 0 Å². The van der Waals surface area contributed by atoms with Crippen molar-refractivity contribution in [3.05, 3.63) is 78.3 Å². The Morgan fingerprint density at radius 2 is 2.00 bits per heavy atom. The first-order valence-electron chi connectivity index (χ1n) is 8.08. The van der Waals surface area contributed by atoms with Gasteiger partial charge in [0.05, 0.1) is 30.1 Å². The van der Waals surface area contributed by atoms with Gasteiger partial charge in [-0.1, -0.05) is 29.5 Å². The van der Waals surface area contributed by atoms with Crippen molar-refractivity contribution >= 4 is 32.6 Å². The molecule has 0 radical (unpaired) electrons. The van der Waals surface area contributed by atoms with Crippen molar-refractivity contribution in [3.8, 4) is 5.75 Å². The van der Waals surface area contributed by atoms with E-state index in [0.717, 1.165) is 16.0 Å². The van der Waals surface area contributed by atoms with Crippen LogP contribution in [0.3, 0.4) is 0 Å². The van der Waals surface area contributed by atoms with E-state index < -0.39 is 0 Å². The Kier molecular flexibility index (Phi) is 4.41. The number of nitrogens with zero attached hydrogens (tertiary/aromatic N) is 2. The second-order valence-corrected chi connectivity index (χ2v) is 6.68. The van der Waals surface area contributed by atoms with E-state index in [-0.39, 0.29) is 5.91 Å². The van der Waals surface area contributed by atoms with Crippen LogP contribution >= 0.6 is 11.3 Å². The van der Waals surface area contributed by atoms with Gasteiger partial charge >= 0.3 is 0 Å². The lowest BCUT2D eigenvalue weighted by Crippen LogP contribution is -2.30. The first-order valence-corrected chi connectivity index (χ1v) is 8.90. The number of thiazole rings is 1. The maximum Gasteiger partial charge on any atom is 0.260 e. The molecule has 2 aromatic heterocycles. The van der Waals surface area contributed by atoms with Crippen LogP contribution in [0.2, 0.25) is 0 Å². The van der Waals surface area contributed by atoms with E-state index in [4.69, 9.17) is 9.15 Å². The van der Waals surface area contributed by atoms with Gasteiger partial charge in [0, 0.05) is 11.6 Å². The summed E-state index contributed by atoms with van der Waals surface area (Å²) >= 11 is 1.47. The van der Waals surface area contributed by atoms with Gasteiger partial charge in [-0.3, -0.25) is 9.69 Å². The number of rotatable bonds is 5. The molecule has 4 rings (SSSR count). The van der Waals surface area contributed by atoms with Crippen LogP contribution in [0.15, 0.2) is 71.3 Å². The van der Waals surface area contributed by atoms with Crippen molar-refractivity contribution < 1.29 is 13.9 Å². The first kappa shape index (κ1) is 16.4. The van der Waals surface area contributed by atoms with Crippen molar-refractivity contribution in [2.45, 2.75) is 6.54 Å². The minimum Gasteiger partial charge on any atom is -0.497 e. The predicted molar refractivity (Wildman–Crippen MR) is 102 cm³/mol. The zero-order chi connectivity index (χ0) is 17.9. The van der Waals surface area contributed by atoms with Gasteiger partial charge < -0.3 is 9.15 Å². The topological polar surface area (TPSA) is 55.6 Å². The van der Waals surface area contributed by atoms with Gasteiger partial charge in [-0.25, -0.2) is 4.98 Å². The van der Waals surface area contributed by atoms with Crippen molar-refractivity contribution in [2.75, 3.05) is 12.0 Å². The van der Waals surface area contributed by atoms with Crippen LogP contribution in [-0.2, 0) is 6.54 Å². The van der Waals surface area contributed by atoms with Crippen LogP contribution < -0.4 is 9.64 Å². The fourth-order valence-electron chi connectivity index (χ4n) is 2.66. The fraction of sp³-hybridized carbons (Fsp3) is 0.100. The molecule has 0 aliphatic carbocycles. The molecule has 0 unspecified atom stereocenters. The van der Waals surface area contributed by atoms with E-state index in [1.165, 1.54) is 11.3 Å². The van der Waals surface area contributed by atoms with Crippen LogP contribution in [0, 0.1) is 0 Å². The smallest absolute Gasteiger partial charge is 0.260 e. The largest absolute Gasteiger partial charge is 0.497 e. The third kappa shape index (κ3) is 3.19. The average molecular weight is 364 g/mol. The molecule has 130 valence electrons. The van der Waals surface area contributed by atoms with Gasteiger partial charge in [0.1, 0.15) is 11.5 Å². The summed E-state index contributed by atoms with van der Waals surface area (Å²) in [5.74, 6) is 1.32. The van der Waals surface area contributed by atoms with Crippen LogP contribution in [-0.4, -0.2) is 18.0 Å². The number of carbonyl (C=O) groups is 1. The minimum absolute atomic E-state index is 0.118. The van der Waals surface area contributed by atoms with Crippen LogP contribution in [0.1, 0.15) is 16.1 Å². The molecule has 1 amide bonds. The Balaban J connectivity index is 1.75. The highest BCUT2D eigenvalue weighted by Gasteiger charge is 2.22. The molecule has 2 heterocycles. The number of anilines is 1. The zero-order valence-corrected chi connectivity index (χ0v) is 14.9. The summed E-state index contributed by atoms with van der Waals surface area (Å²) in [6, 6.07) is 18.6. The molecular formula is C20H16N2O3S. The Bertz CT molecular complexity index is 1030. The number of benzene rings is 2. The monoisotopic (exact) mass is 364 g/mol. The number of furan rings is 1. The fourth-order valence-corrected chi connectivity index (χ4v) is 3.60. The third-order valence-electron chi connectivity index (χ3n) is 3.97. The number of carbonyl (C=O) groups excluding carboxylic acids is 1. The second kappa shape index (κ2) is 7.01. The summed E-state index contributed by atoms with van der Waals surface area (Å²) in [6.07, 6.45) is 1.60. The summed E-state index contributed by atoms with van der Waals surface area (Å²) in [4.78, 5) is 19.4. The second-order valence-electron chi connectivity index (χ2n) is 5.67. The van der Waals surface area contributed by atoms with E-state index in [1.54, 1.807) is 30.4 Å². The van der Waals surface area contributed by atoms with Gasteiger partial charge in [0.2, 0.25) is 0 Å². The molecule has 5 nitrogen and oxygen atoms in total. The standard InChI is InChI=1S/C20H16N2O3S/c1-24-15-9-10-18-17(12-15)21-20(26-18)22(13-16-8-5-11-25-16)19(23)14-6-3-2-4-7-14/h2-12H,13H2,1H3. The molecule has 0 fully saturated rings. The third-order valence-corrected chi connectivity index (χ3v) is 5.03. The number of amides is 1. The molecular weight excluding hydrogens is 348 g/mol. The molecule has 6 heteroatoms. The number of methoxy groups -OCH3 is 1. The number of aromatic nitrogens is 1. The Morgan fingerprint density at radius 3 is 2.73 bits per heavy atom. The summed E-state index contributed by atoms with van der Waals surface area (Å²) in [5.41, 5.74) is 1.41. The molecule has 4 aromatic rings. The summed E-state index contributed by atoms with van der Waals surface area (Å²) < 4.78 is 11.7. The van der Waals surface area contributed by atoms with Crippen molar-refractivity contribution in [2.24, 2.45) is 0 Å². The molecule has 0 saturated heterocycles. The molecule has 0 N–H and O–H groups in total. The van der Waals surface area contributed by atoms with Gasteiger partial charge in [-0.15, -0.1) is 0 Å². The highest BCUT2D eigenvalue weighted by molar-refractivity contribution is 7.22. The number of hydrogen-bond acceptors (Lipinski definition) is 5. The number of hydrogen-bond donors (Lipinski definition) is 0. The lowest BCUT2D eigenvalue weighted by molar-refractivity contribution is 0.0983. The van der Waals surface area contributed by atoms with Crippen molar-refractivity contribution in [3.63, 3.8) is 0 Å². The lowest BCUT2D eigenvalue weighted by atomic mass is 10.2. The molecule has 0 saturated carbocycles. The molecule has 0 spiro atoms. The zero-order valence-electron chi connectivity index (χ0n) is 14.1. The normalized spacial score (nSPS) is 10.8. The predicted octanol–water partition coefficient (Wildman–Crippen LogP) is 4.74. The average Bonchev–Trinajstić information content (AvgIpc) is 3.34. The molecule has 26 heavy (non-hydrogen) atoms.